The maximum Gasteiger partial charge on any atom is 0.406 e. The van der Waals surface area contributed by atoms with E-state index < -0.39 is 30.8 Å². The first kappa shape index (κ1) is 17.5. The van der Waals surface area contributed by atoms with Crippen LogP contribution < -0.4 is 0 Å². The first-order valence-electron chi connectivity index (χ1n) is 8.23. The van der Waals surface area contributed by atoms with Crippen LogP contribution >= 0.6 is 0 Å². The van der Waals surface area contributed by atoms with Crippen molar-refractivity contribution in [3.8, 4) is 0 Å². The van der Waals surface area contributed by atoms with Gasteiger partial charge in [-0.25, -0.2) is 0 Å². The number of nitrogens with zero attached hydrogens (tertiary/aromatic N) is 2. The minimum Gasteiger partial charge on any atom is -0.348 e. The summed E-state index contributed by atoms with van der Waals surface area (Å²) >= 11 is 0. The van der Waals surface area contributed by atoms with E-state index in [1.807, 2.05) is 0 Å². The molecule has 2 atom stereocenters. The van der Waals surface area contributed by atoms with Gasteiger partial charge in [0.05, 0.1) is 25.2 Å². The number of carbonyl (C=O) groups is 2. The highest BCUT2D eigenvalue weighted by molar-refractivity contribution is 5.89. The molecule has 24 heavy (non-hydrogen) atoms. The largest absolute Gasteiger partial charge is 0.406 e. The zero-order valence-corrected chi connectivity index (χ0v) is 13.3. The molecular weight excluding hydrogens is 329 g/mol. The normalized spacial score (nSPS) is 29.5. The average Bonchev–Trinajstić information content (AvgIpc) is 3.16. The second kappa shape index (κ2) is 6.87. The standard InChI is InChI=1S/C15H21F3N2O4/c16-15(17,18)9-19-8-10(7-12(19)21)13(22)20-4-2-1-3-11(20)14-23-5-6-24-14/h10-11,14H,1-9H2. The van der Waals surface area contributed by atoms with Crippen molar-refractivity contribution in [2.45, 2.75) is 44.2 Å². The Morgan fingerprint density at radius 2 is 1.92 bits per heavy atom. The van der Waals surface area contributed by atoms with Crippen molar-refractivity contribution in [2.24, 2.45) is 5.92 Å². The molecule has 2 unspecified atom stereocenters. The van der Waals surface area contributed by atoms with Gasteiger partial charge in [0.2, 0.25) is 11.8 Å². The van der Waals surface area contributed by atoms with Crippen LogP contribution in [0.3, 0.4) is 0 Å². The fraction of sp³-hybridized carbons (Fsp3) is 0.867. The number of carbonyl (C=O) groups excluding carboxylic acids is 2. The van der Waals surface area contributed by atoms with Crippen molar-refractivity contribution < 1.29 is 32.2 Å². The molecule has 0 aromatic heterocycles. The Balaban J connectivity index is 1.65. The molecule has 3 rings (SSSR count). The molecule has 3 saturated heterocycles. The van der Waals surface area contributed by atoms with E-state index >= 15 is 0 Å². The topological polar surface area (TPSA) is 59.1 Å². The third kappa shape index (κ3) is 3.83. The van der Waals surface area contributed by atoms with Crippen LogP contribution in [0.25, 0.3) is 0 Å². The zero-order chi connectivity index (χ0) is 17.3. The molecule has 3 aliphatic heterocycles. The number of rotatable bonds is 3. The third-order valence-corrected chi connectivity index (χ3v) is 4.73. The van der Waals surface area contributed by atoms with Gasteiger partial charge in [-0.05, 0) is 19.3 Å². The summed E-state index contributed by atoms with van der Waals surface area (Å²) in [5.74, 6) is -1.61. The first-order chi connectivity index (χ1) is 11.3. The molecule has 2 amide bonds. The molecule has 0 saturated carbocycles. The fourth-order valence-corrected chi connectivity index (χ4v) is 3.65. The van der Waals surface area contributed by atoms with Gasteiger partial charge in [0, 0.05) is 19.5 Å². The maximum absolute atomic E-state index is 12.8. The number of hydrogen-bond acceptors (Lipinski definition) is 4. The van der Waals surface area contributed by atoms with Gasteiger partial charge in [0.1, 0.15) is 6.54 Å². The molecule has 0 aliphatic carbocycles. The molecule has 0 N–H and O–H groups in total. The summed E-state index contributed by atoms with van der Waals surface area (Å²) in [6, 6.07) is -0.222. The van der Waals surface area contributed by atoms with Crippen LogP contribution in [0.4, 0.5) is 13.2 Å². The summed E-state index contributed by atoms with van der Waals surface area (Å²) in [6.07, 6.45) is -2.57. The molecule has 3 heterocycles. The van der Waals surface area contributed by atoms with Crippen molar-refractivity contribution in [2.75, 3.05) is 32.8 Å². The summed E-state index contributed by atoms with van der Waals surface area (Å²) in [6.45, 7) is 0.00624. The van der Waals surface area contributed by atoms with E-state index in [1.54, 1.807) is 4.90 Å². The number of halogens is 3. The van der Waals surface area contributed by atoms with Crippen molar-refractivity contribution in [1.29, 1.82) is 0 Å². The smallest absolute Gasteiger partial charge is 0.348 e. The molecule has 9 heteroatoms. The zero-order valence-electron chi connectivity index (χ0n) is 13.3. The molecule has 0 radical (unpaired) electrons. The lowest BCUT2D eigenvalue weighted by Crippen LogP contribution is -2.52. The van der Waals surface area contributed by atoms with Gasteiger partial charge in [0.15, 0.2) is 6.29 Å². The summed E-state index contributed by atoms with van der Waals surface area (Å²) in [4.78, 5) is 26.9. The second-order valence-corrected chi connectivity index (χ2v) is 6.50. The Morgan fingerprint density at radius 1 is 1.21 bits per heavy atom. The van der Waals surface area contributed by atoms with Gasteiger partial charge in [-0.3, -0.25) is 9.59 Å². The van der Waals surface area contributed by atoms with Crippen molar-refractivity contribution in [3.63, 3.8) is 0 Å². The molecular formula is C15H21F3N2O4. The van der Waals surface area contributed by atoms with Gasteiger partial charge < -0.3 is 19.3 Å². The van der Waals surface area contributed by atoms with Crippen LogP contribution in [0.15, 0.2) is 0 Å². The lowest BCUT2D eigenvalue weighted by molar-refractivity contribution is -0.158. The van der Waals surface area contributed by atoms with E-state index in [2.05, 4.69) is 0 Å². The molecule has 3 fully saturated rings. The number of likely N-dealkylation sites (tertiary alicyclic amines) is 2. The number of alkyl halides is 3. The van der Waals surface area contributed by atoms with Gasteiger partial charge in [-0.2, -0.15) is 13.2 Å². The van der Waals surface area contributed by atoms with Crippen LogP contribution in [0.5, 0.6) is 0 Å². The Bertz CT molecular complexity index is 494. The van der Waals surface area contributed by atoms with E-state index in [-0.39, 0.29) is 24.9 Å². The van der Waals surface area contributed by atoms with E-state index in [1.165, 1.54) is 0 Å². The highest BCUT2D eigenvalue weighted by atomic mass is 19.4. The van der Waals surface area contributed by atoms with Crippen LogP contribution in [0, 0.1) is 5.92 Å². The number of hydrogen-bond donors (Lipinski definition) is 0. The Labute approximate surface area is 137 Å². The number of piperidine rings is 1. The average molecular weight is 350 g/mol. The van der Waals surface area contributed by atoms with E-state index in [9.17, 15) is 22.8 Å². The van der Waals surface area contributed by atoms with Crippen LogP contribution in [-0.4, -0.2) is 73.0 Å². The monoisotopic (exact) mass is 350 g/mol. The maximum atomic E-state index is 12.8. The van der Waals surface area contributed by atoms with E-state index in [4.69, 9.17) is 9.47 Å². The number of ether oxygens (including phenoxy) is 2. The van der Waals surface area contributed by atoms with Crippen molar-refractivity contribution >= 4 is 11.8 Å². The molecule has 6 nitrogen and oxygen atoms in total. The summed E-state index contributed by atoms with van der Waals surface area (Å²) in [5.41, 5.74) is 0. The molecule has 0 bridgehead atoms. The predicted molar refractivity (Wildman–Crippen MR) is 75.8 cm³/mol. The SMILES string of the molecule is O=C1CC(C(=O)N2CCCCC2C2OCCO2)CN1CC(F)(F)F. The van der Waals surface area contributed by atoms with Gasteiger partial charge in [-0.1, -0.05) is 0 Å². The lowest BCUT2D eigenvalue weighted by atomic mass is 9.98. The van der Waals surface area contributed by atoms with Gasteiger partial charge in [-0.15, -0.1) is 0 Å². The van der Waals surface area contributed by atoms with Crippen LogP contribution in [0.1, 0.15) is 25.7 Å². The first-order valence-corrected chi connectivity index (χ1v) is 8.23. The Morgan fingerprint density at radius 3 is 2.58 bits per heavy atom. The van der Waals surface area contributed by atoms with Crippen molar-refractivity contribution in [3.05, 3.63) is 0 Å². The minimum atomic E-state index is -4.45. The van der Waals surface area contributed by atoms with Gasteiger partial charge >= 0.3 is 6.18 Å². The second-order valence-electron chi connectivity index (χ2n) is 6.50. The molecule has 3 aliphatic rings. The predicted octanol–water partition coefficient (Wildman–Crippen LogP) is 1.15. The molecule has 136 valence electrons. The lowest BCUT2D eigenvalue weighted by Gasteiger charge is -2.39. The highest BCUT2D eigenvalue weighted by Gasteiger charge is 2.44. The Kier molecular flexibility index (Phi) is 5.00. The minimum absolute atomic E-state index is 0.162. The fourth-order valence-electron chi connectivity index (χ4n) is 3.65. The molecule has 0 aromatic rings. The van der Waals surface area contributed by atoms with Crippen molar-refractivity contribution in [1.82, 2.24) is 9.80 Å². The van der Waals surface area contributed by atoms with Gasteiger partial charge in [0.25, 0.3) is 0 Å². The number of amides is 2. The van der Waals surface area contributed by atoms with E-state index in [0.717, 1.165) is 24.2 Å². The van der Waals surface area contributed by atoms with E-state index in [0.29, 0.717) is 19.8 Å². The summed E-state index contributed by atoms with van der Waals surface area (Å²) in [5, 5.41) is 0. The molecule has 0 aromatic carbocycles. The van der Waals surface area contributed by atoms with Crippen LogP contribution in [0.2, 0.25) is 0 Å². The Hall–Kier alpha value is -1.35. The third-order valence-electron chi connectivity index (χ3n) is 4.73. The quantitative estimate of drug-likeness (QED) is 0.766. The summed E-state index contributed by atoms with van der Waals surface area (Å²) < 4.78 is 48.5. The summed E-state index contributed by atoms with van der Waals surface area (Å²) in [7, 11) is 0. The molecule has 0 spiro atoms. The van der Waals surface area contributed by atoms with Crippen LogP contribution in [-0.2, 0) is 19.1 Å². The highest BCUT2D eigenvalue weighted by Crippen LogP contribution is 2.30.